The molecule has 0 aliphatic heterocycles. The highest BCUT2D eigenvalue weighted by Crippen LogP contribution is 2.28. The van der Waals surface area contributed by atoms with Crippen molar-refractivity contribution in [2.45, 2.75) is 32.7 Å². The third-order valence-electron chi connectivity index (χ3n) is 3.18. The smallest absolute Gasteiger partial charge is 0.150 e. The second kappa shape index (κ2) is 6.19. The van der Waals surface area contributed by atoms with Gasteiger partial charge < -0.3 is 10.6 Å². The lowest BCUT2D eigenvalue weighted by Gasteiger charge is -2.28. The van der Waals surface area contributed by atoms with Crippen molar-refractivity contribution in [2.24, 2.45) is 7.05 Å². The number of anilines is 2. The van der Waals surface area contributed by atoms with Crippen LogP contribution in [0.25, 0.3) is 0 Å². The summed E-state index contributed by atoms with van der Waals surface area (Å²) in [6, 6.07) is 0.507. The molecule has 0 saturated carbocycles. The lowest BCUT2D eigenvalue weighted by molar-refractivity contribution is 0.636. The summed E-state index contributed by atoms with van der Waals surface area (Å²) in [4.78, 5) is 2.26. The maximum Gasteiger partial charge on any atom is 0.150 e. The Labute approximate surface area is 109 Å². The largest absolute Gasteiger partial charge is 0.394 e. The molecule has 0 aromatic carbocycles. The van der Waals surface area contributed by atoms with E-state index in [1.165, 1.54) is 0 Å². The lowest BCUT2D eigenvalue weighted by atomic mass is 10.2. The van der Waals surface area contributed by atoms with E-state index in [1.54, 1.807) is 0 Å². The fraction of sp³-hybridized carbons (Fsp3) is 0.750. The number of aromatic nitrogens is 2. The van der Waals surface area contributed by atoms with Gasteiger partial charge in [-0.2, -0.15) is 16.9 Å². The summed E-state index contributed by atoms with van der Waals surface area (Å²) >= 11 is 1.87. The highest BCUT2D eigenvalue weighted by Gasteiger charge is 2.20. The maximum atomic E-state index is 6.17. The molecule has 0 fully saturated rings. The first-order valence-electron chi connectivity index (χ1n) is 6.09. The van der Waals surface area contributed by atoms with Crippen LogP contribution in [0, 0.1) is 0 Å². The van der Waals surface area contributed by atoms with Crippen LogP contribution in [0.1, 0.15) is 26.0 Å². The predicted octanol–water partition coefficient (Wildman–Crippen LogP) is 2.14. The predicted molar refractivity (Wildman–Crippen MR) is 77.9 cm³/mol. The molecule has 0 amide bonds. The Bertz CT molecular complexity index is 362. The van der Waals surface area contributed by atoms with Gasteiger partial charge in [0.25, 0.3) is 0 Å². The molecule has 5 heteroatoms. The van der Waals surface area contributed by atoms with Gasteiger partial charge in [0, 0.05) is 25.9 Å². The minimum Gasteiger partial charge on any atom is -0.394 e. The summed E-state index contributed by atoms with van der Waals surface area (Å²) in [6.07, 6.45) is 4.14. The summed E-state index contributed by atoms with van der Waals surface area (Å²) in [7, 11) is 4.07. The zero-order chi connectivity index (χ0) is 13.0. The molecular formula is C12H24N4S. The van der Waals surface area contributed by atoms with Crippen molar-refractivity contribution in [3.05, 3.63) is 5.69 Å². The second-order valence-electron chi connectivity index (χ2n) is 4.29. The van der Waals surface area contributed by atoms with Gasteiger partial charge in [0.05, 0.1) is 11.4 Å². The van der Waals surface area contributed by atoms with Crippen LogP contribution >= 0.6 is 11.8 Å². The molecule has 0 aliphatic rings. The molecule has 1 atom stereocenters. The van der Waals surface area contributed by atoms with E-state index in [0.717, 1.165) is 35.8 Å². The van der Waals surface area contributed by atoms with E-state index >= 15 is 0 Å². The van der Waals surface area contributed by atoms with Crippen LogP contribution in [0.15, 0.2) is 0 Å². The molecule has 1 aromatic heterocycles. The molecule has 0 radical (unpaired) electrons. The number of hydrogen-bond donors (Lipinski definition) is 1. The number of thioether (sulfide) groups is 1. The zero-order valence-electron chi connectivity index (χ0n) is 11.5. The molecule has 0 bridgehead atoms. The maximum absolute atomic E-state index is 6.17. The SMILES string of the molecule is CCc1nn(C)c(N(C)C(CC)CSC)c1N. The molecule has 98 valence electrons. The van der Waals surface area contributed by atoms with E-state index in [2.05, 4.69) is 37.1 Å². The third kappa shape index (κ3) is 2.89. The molecule has 0 spiro atoms. The first-order chi connectivity index (χ1) is 8.06. The van der Waals surface area contributed by atoms with E-state index in [1.807, 2.05) is 23.5 Å². The van der Waals surface area contributed by atoms with Crippen molar-refractivity contribution in [3.8, 4) is 0 Å². The highest BCUT2D eigenvalue weighted by molar-refractivity contribution is 7.98. The van der Waals surface area contributed by atoms with Crippen molar-refractivity contribution in [2.75, 3.05) is 29.7 Å². The molecule has 0 saturated heterocycles. The Hall–Kier alpha value is -0.840. The van der Waals surface area contributed by atoms with Crippen molar-refractivity contribution in [3.63, 3.8) is 0 Å². The summed E-state index contributed by atoms with van der Waals surface area (Å²) < 4.78 is 1.90. The molecule has 1 rings (SSSR count). The number of nitrogens with zero attached hydrogens (tertiary/aromatic N) is 3. The molecule has 0 aliphatic carbocycles. The molecule has 1 heterocycles. The number of aryl methyl sites for hydroxylation is 2. The van der Waals surface area contributed by atoms with Gasteiger partial charge in [-0.25, -0.2) is 0 Å². The first-order valence-corrected chi connectivity index (χ1v) is 7.49. The fourth-order valence-corrected chi connectivity index (χ4v) is 2.98. The van der Waals surface area contributed by atoms with Crippen molar-refractivity contribution >= 4 is 23.3 Å². The van der Waals surface area contributed by atoms with Crippen LogP contribution < -0.4 is 10.6 Å². The first kappa shape index (κ1) is 14.2. The molecule has 1 unspecified atom stereocenters. The van der Waals surface area contributed by atoms with Crippen LogP contribution in [-0.4, -0.2) is 34.9 Å². The van der Waals surface area contributed by atoms with Gasteiger partial charge in [-0.1, -0.05) is 13.8 Å². The lowest BCUT2D eigenvalue weighted by Crippen LogP contribution is -2.35. The van der Waals surface area contributed by atoms with Crippen LogP contribution in [0.3, 0.4) is 0 Å². The Kier molecular flexibility index (Phi) is 5.18. The van der Waals surface area contributed by atoms with Crippen LogP contribution in [0.5, 0.6) is 0 Å². The third-order valence-corrected chi connectivity index (χ3v) is 3.89. The monoisotopic (exact) mass is 256 g/mol. The Morgan fingerprint density at radius 2 is 2.12 bits per heavy atom. The van der Waals surface area contributed by atoms with E-state index in [-0.39, 0.29) is 0 Å². The van der Waals surface area contributed by atoms with Gasteiger partial charge in [-0.05, 0) is 19.1 Å². The Balaban J connectivity index is 3.01. The van der Waals surface area contributed by atoms with E-state index in [0.29, 0.717) is 6.04 Å². The number of rotatable bonds is 6. The minimum atomic E-state index is 0.507. The molecule has 17 heavy (non-hydrogen) atoms. The molecule has 1 aromatic rings. The fourth-order valence-electron chi connectivity index (χ4n) is 2.13. The van der Waals surface area contributed by atoms with E-state index in [9.17, 15) is 0 Å². The number of hydrogen-bond acceptors (Lipinski definition) is 4. The average molecular weight is 256 g/mol. The van der Waals surface area contributed by atoms with Crippen molar-refractivity contribution in [1.29, 1.82) is 0 Å². The molecule has 2 N–H and O–H groups in total. The normalized spacial score (nSPS) is 12.8. The summed E-state index contributed by atoms with van der Waals surface area (Å²) in [6.45, 7) is 4.30. The summed E-state index contributed by atoms with van der Waals surface area (Å²) in [5.74, 6) is 2.15. The van der Waals surface area contributed by atoms with Crippen molar-refractivity contribution < 1.29 is 0 Å². The second-order valence-corrected chi connectivity index (χ2v) is 5.20. The standard InChI is InChI=1S/C12H24N4S/c1-6-9(8-17-5)15(3)12-11(13)10(7-2)14-16(12)4/h9H,6-8,13H2,1-5H3. The summed E-state index contributed by atoms with van der Waals surface area (Å²) in [5, 5.41) is 4.47. The van der Waals surface area contributed by atoms with Gasteiger partial charge >= 0.3 is 0 Å². The van der Waals surface area contributed by atoms with Crippen LogP contribution in [0.4, 0.5) is 11.5 Å². The number of nitrogens with two attached hydrogens (primary N) is 1. The average Bonchev–Trinajstić information content (AvgIpc) is 2.60. The highest BCUT2D eigenvalue weighted by atomic mass is 32.2. The van der Waals surface area contributed by atoms with Gasteiger partial charge in [0.15, 0.2) is 0 Å². The quantitative estimate of drug-likeness (QED) is 0.847. The van der Waals surface area contributed by atoms with E-state index < -0.39 is 0 Å². The molecule has 4 nitrogen and oxygen atoms in total. The van der Waals surface area contributed by atoms with Gasteiger partial charge in [0.2, 0.25) is 0 Å². The summed E-state index contributed by atoms with van der Waals surface area (Å²) in [5.41, 5.74) is 8.00. The Morgan fingerprint density at radius 3 is 2.53 bits per heavy atom. The van der Waals surface area contributed by atoms with Crippen LogP contribution in [0.2, 0.25) is 0 Å². The van der Waals surface area contributed by atoms with Gasteiger partial charge in [-0.15, -0.1) is 0 Å². The van der Waals surface area contributed by atoms with E-state index in [4.69, 9.17) is 5.73 Å². The van der Waals surface area contributed by atoms with Crippen LogP contribution in [-0.2, 0) is 13.5 Å². The van der Waals surface area contributed by atoms with Gasteiger partial charge in [0.1, 0.15) is 5.82 Å². The number of nitrogen functional groups attached to an aromatic ring is 1. The molecular weight excluding hydrogens is 232 g/mol. The van der Waals surface area contributed by atoms with Crippen molar-refractivity contribution in [1.82, 2.24) is 9.78 Å². The minimum absolute atomic E-state index is 0.507. The topological polar surface area (TPSA) is 47.1 Å². The zero-order valence-corrected chi connectivity index (χ0v) is 12.3. The van der Waals surface area contributed by atoms with Gasteiger partial charge in [-0.3, -0.25) is 4.68 Å². The Morgan fingerprint density at radius 1 is 1.47 bits per heavy atom.